The molecular weight excluding hydrogens is 341 g/mol. The molecule has 0 aromatic heterocycles. The van der Waals surface area contributed by atoms with Crippen LogP contribution in [0, 0.1) is 5.82 Å². The number of amides is 1. The Labute approximate surface area is 139 Å². The fraction of sp³-hybridized carbons (Fsp3) is 0.188. The van der Waals surface area contributed by atoms with Gasteiger partial charge >= 0.3 is 0 Å². The Morgan fingerprint density at radius 3 is 2.30 bits per heavy atom. The smallest absolute Gasteiger partial charge is 0.253 e. The van der Waals surface area contributed by atoms with Gasteiger partial charge in [-0.2, -0.15) is 0 Å². The van der Waals surface area contributed by atoms with Crippen molar-refractivity contribution in [2.45, 2.75) is 17.9 Å². The SMILES string of the molecule is C[C@H](NC(=O)c1ccc(F)cc1Cl)c1ccc(S(C)(=O)=O)cc1. The zero-order chi connectivity index (χ0) is 17.2. The number of nitrogens with one attached hydrogen (secondary N) is 1. The number of carbonyl (C=O) groups excluding carboxylic acids is 1. The lowest BCUT2D eigenvalue weighted by atomic mass is 10.1. The highest BCUT2D eigenvalue weighted by Gasteiger charge is 2.15. The number of hydrogen-bond acceptors (Lipinski definition) is 3. The van der Waals surface area contributed by atoms with Gasteiger partial charge in [-0.3, -0.25) is 4.79 Å². The third-order valence-electron chi connectivity index (χ3n) is 3.33. The van der Waals surface area contributed by atoms with Crippen molar-refractivity contribution in [1.29, 1.82) is 0 Å². The summed E-state index contributed by atoms with van der Waals surface area (Å²) in [7, 11) is -3.26. The summed E-state index contributed by atoms with van der Waals surface area (Å²) in [4.78, 5) is 12.4. The molecule has 0 fully saturated rings. The van der Waals surface area contributed by atoms with E-state index in [1.165, 1.54) is 18.2 Å². The van der Waals surface area contributed by atoms with E-state index in [1.54, 1.807) is 19.1 Å². The monoisotopic (exact) mass is 355 g/mol. The van der Waals surface area contributed by atoms with Crippen LogP contribution in [0.25, 0.3) is 0 Å². The summed E-state index contributed by atoms with van der Waals surface area (Å²) in [5.74, 6) is -0.953. The second-order valence-corrected chi connectivity index (χ2v) is 7.58. The van der Waals surface area contributed by atoms with Crippen molar-refractivity contribution in [3.8, 4) is 0 Å². The maximum absolute atomic E-state index is 13.0. The first-order valence-electron chi connectivity index (χ1n) is 6.74. The Morgan fingerprint density at radius 2 is 1.78 bits per heavy atom. The Bertz CT molecular complexity index is 835. The van der Waals surface area contributed by atoms with Crippen LogP contribution in [0.2, 0.25) is 5.02 Å². The van der Waals surface area contributed by atoms with Crippen LogP contribution in [-0.4, -0.2) is 20.6 Å². The molecule has 0 aliphatic heterocycles. The standard InChI is InChI=1S/C16H15ClFNO3S/c1-10(11-3-6-13(7-4-11)23(2,21)22)19-16(20)14-8-5-12(18)9-15(14)17/h3-10H,1-2H3,(H,19,20)/t10-/m0/s1. The molecule has 23 heavy (non-hydrogen) atoms. The van der Waals surface area contributed by atoms with Crippen LogP contribution in [0.4, 0.5) is 4.39 Å². The maximum Gasteiger partial charge on any atom is 0.253 e. The quantitative estimate of drug-likeness (QED) is 0.914. The van der Waals surface area contributed by atoms with E-state index in [4.69, 9.17) is 11.6 Å². The van der Waals surface area contributed by atoms with Crippen molar-refractivity contribution in [3.63, 3.8) is 0 Å². The van der Waals surface area contributed by atoms with Crippen LogP contribution in [0.1, 0.15) is 28.9 Å². The van der Waals surface area contributed by atoms with Crippen molar-refractivity contribution in [2.75, 3.05) is 6.26 Å². The first kappa shape index (κ1) is 17.4. The normalized spacial score (nSPS) is 12.7. The van der Waals surface area contributed by atoms with E-state index in [1.807, 2.05) is 0 Å². The summed E-state index contributed by atoms with van der Waals surface area (Å²) in [6.45, 7) is 1.75. The molecule has 2 aromatic rings. The van der Waals surface area contributed by atoms with Gasteiger partial charge in [0.15, 0.2) is 9.84 Å². The van der Waals surface area contributed by atoms with Crippen LogP contribution >= 0.6 is 11.6 Å². The molecule has 2 rings (SSSR count). The maximum atomic E-state index is 13.0. The molecule has 0 aliphatic rings. The average molecular weight is 356 g/mol. The van der Waals surface area contributed by atoms with E-state index in [0.717, 1.165) is 24.0 Å². The van der Waals surface area contributed by atoms with E-state index >= 15 is 0 Å². The number of benzene rings is 2. The minimum absolute atomic E-state index is 0.0297. The van der Waals surface area contributed by atoms with Gasteiger partial charge in [-0.1, -0.05) is 23.7 Å². The molecule has 122 valence electrons. The summed E-state index contributed by atoms with van der Waals surface area (Å²) >= 11 is 5.86. The van der Waals surface area contributed by atoms with E-state index in [0.29, 0.717) is 0 Å². The molecule has 0 bridgehead atoms. The minimum Gasteiger partial charge on any atom is -0.345 e. The lowest BCUT2D eigenvalue weighted by Crippen LogP contribution is -2.27. The third-order valence-corrected chi connectivity index (χ3v) is 4.77. The topological polar surface area (TPSA) is 63.2 Å². The number of sulfone groups is 1. The molecule has 0 unspecified atom stereocenters. The lowest BCUT2D eigenvalue weighted by Gasteiger charge is -2.15. The molecule has 0 spiro atoms. The lowest BCUT2D eigenvalue weighted by molar-refractivity contribution is 0.0940. The van der Waals surface area contributed by atoms with E-state index in [9.17, 15) is 17.6 Å². The summed E-state index contributed by atoms with van der Waals surface area (Å²) in [5.41, 5.74) is 0.914. The van der Waals surface area contributed by atoms with Crippen molar-refractivity contribution in [1.82, 2.24) is 5.32 Å². The number of hydrogen-bond donors (Lipinski definition) is 1. The van der Waals surface area contributed by atoms with E-state index in [-0.39, 0.29) is 21.5 Å². The third kappa shape index (κ3) is 4.30. The van der Waals surface area contributed by atoms with Crippen LogP contribution in [0.3, 0.4) is 0 Å². The van der Waals surface area contributed by atoms with Crippen LogP contribution < -0.4 is 5.32 Å². The van der Waals surface area contributed by atoms with Crippen molar-refractivity contribution >= 4 is 27.3 Å². The summed E-state index contributed by atoms with van der Waals surface area (Å²) in [6, 6.07) is 9.41. The largest absolute Gasteiger partial charge is 0.345 e. The van der Waals surface area contributed by atoms with Gasteiger partial charge in [0.25, 0.3) is 5.91 Å². The first-order valence-corrected chi connectivity index (χ1v) is 9.01. The molecule has 1 amide bonds. The van der Waals surface area contributed by atoms with Crippen molar-refractivity contribution in [3.05, 3.63) is 64.4 Å². The Balaban J connectivity index is 2.15. The van der Waals surface area contributed by atoms with Gasteiger partial charge in [-0.15, -0.1) is 0 Å². The highest BCUT2D eigenvalue weighted by atomic mass is 35.5. The highest BCUT2D eigenvalue weighted by molar-refractivity contribution is 7.90. The molecular formula is C16H15ClFNO3S. The van der Waals surface area contributed by atoms with Gasteiger partial charge in [0.05, 0.1) is 21.5 Å². The zero-order valence-electron chi connectivity index (χ0n) is 12.5. The first-order chi connectivity index (χ1) is 10.7. The summed E-state index contributed by atoms with van der Waals surface area (Å²) < 4.78 is 35.9. The Morgan fingerprint density at radius 1 is 1.17 bits per heavy atom. The number of carbonyl (C=O) groups is 1. The fourth-order valence-electron chi connectivity index (χ4n) is 2.04. The van der Waals surface area contributed by atoms with Gasteiger partial charge in [-0.05, 0) is 42.8 Å². The summed E-state index contributed by atoms with van der Waals surface area (Å²) in [6.07, 6.45) is 1.13. The summed E-state index contributed by atoms with van der Waals surface area (Å²) in [5, 5.41) is 2.77. The molecule has 4 nitrogen and oxygen atoms in total. The molecule has 0 heterocycles. The van der Waals surface area contributed by atoms with E-state index < -0.39 is 21.6 Å². The molecule has 0 aliphatic carbocycles. The van der Waals surface area contributed by atoms with E-state index in [2.05, 4.69) is 5.32 Å². The molecule has 0 saturated carbocycles. The van der Waals surface area contributed by atoms with Gasteiger partial charge in [0.2, 0.25) is 0 Å². The van der Waals surface area contributed by atoms with Gasteiger partial charge in [-0.25, -0.2) is 12.8 Å². The Hall–Kier alpha value is -1.92. The highest BCUT2D eigenvalue weighted by Crippen LogP contribution is 2.20. The minimum atomic E-state index is -3.26. The fourth-order valence-corrected chi connectivity index (χ4v) is 2.92. The molecule has 0 saturated heterocycles. The second kappa shape index (κ2) is 6.68. The molecule has 1 N–H and O–H groups in total. The number of rotatable bonds is 4. The van der Waals surface area contributed by atoms with Crippen molar-refractivity contribution in [2.24, 2.45) is 0 Å². The predicted octanol–water partition coefficient (Wildman–Crippen LogP) is 3.37. The second-order valence-electron chi connectivity index (χ2n) is 5.16. The molecule has 2 aromatic carbocycles. The molecule has 7 heteroatoms. The van der Waals surface area contributed by atoms with Crippen molar-refractivity contribution < 1.29 is 17.6 Å². The van der Waals surface area contributed by atoms with Gasteiger partial charge < -0.3 is 5.32 Å². The van der Waals surface area contributed by atoms with Crippen LogP contribution in [0.15, 0.2) is 47.4 Å². The zero-order valence-corrected chi connectivity index (χ0v) is 14.1. The van der Waals surface area contributed by atoms with Gasteiger partial charge in [0, 0.05) is 6.26 Å². The molecule has 0 radical (unpaired) electrons. The molecule has 1 atom stereocenters. The van der Waals surface area contributed by atoms with Crippen LogP contribution in [0.5, 0.6) is 0 Å². The Kier molecular flexibility index (Phi) is 5.06. The average Bonchev–Trinajstić information content (AvgIpc) is 2.46. The van der Waals surface area contributed by atoms with Gasteiger partial charge in [0.1, 0.15) is 5.82 Å². The predicted molar refractivity (Wildman–Crippen MR) is 86.8 cm³/mol. The number of halogens is 2. The van der Waals surface area contributed by atoms with Crippen LogP contribution in [-0.2, 0) is 9.84 Å².